The summed E-state index contributed by atoms with van der Waals surface area (Å²) in [6.07, 6.45) is 8.74. The fourth-order valence-corrected chi connectivity index (χ4v) is 3.82. The highest BCUT2D eigenvalue weighted by atomic mass is 16.5. The maximum absolute atomic E-state index is 12.3. The van der Waals surface area contributed by atoms with E-state index >= 15 is 0 Å². The molecule has 24 heavy (non-hydrogen) atoms. The number of amides is 1. The van der Waals surface area contributed by atoms with E-state index < -0.39 is 0 Å². The van der Waals surface area contributed by atoms with Gasteiger partial charge in [-0.15, -0.1) is 0 Å². The summed E-state index contributed by atoms with van der Waals surface area (Å²) in [5.74, 6) is -0.136. The van der Waals surface area contributed by atoms with Gasteiger partial charge in [0.25, 0.3) is 5.56 Å². The molecule has 0 atom stereocenters. The van der Waals surface area contributed by atoms with Gasteiger partial charge < -0.3 is 10.1 Å². The molecule has 1 aliphatic heterocycles. The van der Waals surface area contributed by atoms with Crippen LogP contribution in [0.1, 0.15) is 32.1 Å². The van der Waals surface area contributed by atoms with Crippen molar-refractivity contribution in [2.45, 2.75) is 44.2 Å². The van der Waals surface area contributed by atoms with E-state index in [0.717, 1.165) is 39.1 Å². The van der Waals surface area contributed by atoms with Crippen molar-refractivity contribution in [2.75, 3.05) is 32.8 Å². The van der Waals surface area contributed by atoms with Gasteiger partial charge in [-0.3, -0.25) is 19.1 Å². The largest absolute Gasteiger partial charge is 0.379 e. The number of carbonyl (C=O) groups is 1. The first-order valence-electron chi connectivity index (χ1n) is 8.80. The Balaban J connectivity index is 1.61. The number of ether oxygens (including phenoxy) is 1. The first-order valence-corrected chi connectivity index (χ1v) is 8.80. The molecular formula is C17H26N4O3. The third kappa shape index (κ3) is 4.02. The van der Waals surface area contributed by atoms with Crippen LogP contribution in [0.25, 0.3) is 0 Å². The lowest BCUT2D eigenvalue weighted by Crippen LogP contribution is -2.59. The fraction of sp³-hybridized carbons (Fsp3) is 0.706. The molecule has 1 saturated carbocycles. The first kappa shape index (κ1) is 17.1. The van der Waals surface area contributed by atoms with Crippen LogP contribution in [-0.2, 0) is 16.1 Å². The van der Waals surface area contributed by atoms with E-state index in [2.05, 4.69) is 15.2 Å². The summed E-state index contributed by atoms with van der Waals surface area (Å²) in [5.41, 5.74) is -0.168. The van der Waals surface area contributed by atoms with Gasteiger partial charge in [-0.25, -0.2) is 4.98 Å². The molecule has 7 nitrogen and oxygen atoms in total. The Morgan fingerprint density at radius 3 is 2.71 bits per heavy atom. The van der Waals surface area contributed by atoms with Crippen LogP contribution in [-0.4, -0.2) is 58.7 Å². The van der Waals surface area contributed by atoms with Crippen LogP contribution in [0.5, 0.6) is 0 Å². The minimum atomic E-state index is -0.208. The van der Waals surface area contributed by atoms with Crippen LogP contribution in [0.3, 0.4) is 0 Å². The lowest BCUT2D eigenvalue weighted by molar-refractivity contribution is -0.123. The summed E-state index contributed by atoms with van der Waals surface area (Å²) >= 11 is 0. The van der Waals surface area contributed by atoms with E-state index in [1.807, 2.05) is 0 Å². The first-order chi connectivity index (χ1) is 11.7. The minimum absolute atomic E-state index is 0.0197. The van der Waals surface area contributed by atoms with E-state index in [1.165, 1.54) is 42.4 Å². The lowest BCUT2D eigenvalue weighted by Gasteiger charge is -2.48. The SMILES string of the molecule is O=C(Cn1cnccc1=O)NCC1(N2CCOCC2)CCCCC1. The zero-order chi connectivity index (χ0) is 16.8. The number of carbonyl (C=O) groups excluding carboxylic acids is 1. The number of rotatable bonds is 5. The van der Waals surface area contributed by atoms with Crippen LogP contribution >= 0.6 is 0 Å². The van der Waals surface area contributed by atoms with Gasteiger partial charge in [0.15, 0.2) is 0 Å². The molecule has 7 heteroatoms. The second kappa shape index (κ2) is 7.90. The maximum atomic E-state index is 12.3. The number of nitrogens with one attached hydrogen (secondary N) is 1. The third-order valence-electron chi connectivity index (χ3n) is 5.19. The molecule has 0 radical (unpaired) electrons. The van der Waals surface area contributed by atoms with Crippen LogP contribution in [0.4, 0.5) is 0 Å². The Hall–Kier alpha value is -1.73. The van der Waals surface area contributed by atoms with Crippen molar-refractivity contribution in [3.63, 3.8) is 0 Å². The number of morpholine rings is 1. The molecule has 2 aliphatic rings. The summed E-state index contributed by atoms with van der Waals surface area (Å²) in [4.78, 5) is 30.4. The van der Waals surface area contributed by atoms with E-state index in [-0.39, 0.29) is 23.6 Å². The van der Waals surface area contributed by atoms with Gasteiger partial charge in [-0.2, -0.15) is 0 Å². The summed E-state index contributed by atoms with van der Waals surface area (Å²) in [6, 6.07) is 1.36. The van der Waals surface area contributed by atoms with Gasteiger partial charge in [-0.05, 0) is 12.8 Å². The number of nitrogens with zero attached hydrogens (tertiary/aromatic N) is 3. The summed E-state index contributed by atoms with van der Waals surface area (Å²) in [6.45, 7) is 4.05. The van der Waals surface area contributed by atoms with Gasteiger partial charge in [0.2, 0.25) is 5.91 Å². The van der Waals surface area contributed by atoms with E-state index in [9.17, 15) is 9.59 Å². The van der Waals surface area contributed by atoms with E-state index in [0.29, 0.717) is 6.54 Å². The molecule has 1 N–H and O–H groups in total. The van der Waals surface area contributed by atoms with Gasteiger partial charge >= 0.3 is 0 Å². The zero-order valence-electron chi connectivity index (χ0n) is 14.1. The molecule has 132 valence electrons. The number of aromatic nitrogens is 2. The third-order valence-corrected chi connectivity index (χ3v) is 5.19. The van der Waals surface area contributed by atoms with Gasteiger partial charge in [-0.1, -0.05) is 19.3 Å². The lowest BCUT2D eigenvalue weighted by atomic mass is 9.79. The molecule has 0 aromatic carbocycles. The van der Waals surface area contributed by atoms with E-state index in [1.54, 1.807) is 0 Å². The average Bonchev–Trinajstić information content (AvgIpc) is 2.63. The second-order valence-electron chi connectivity index (χ2n) is 6.71. The van der Waals surface area contributed by atoms with Gasteiger partial charge in [0.1, 0.15) is 6.54 Å². The van der Waals surface area contributed by atoms with Crippen molar-refractivity contribution in [1.29, 1.82) is 0 Å². The molecule has 3 rings (SSSR count). The van der Waals surface area contributed by atoms with Crippen molar-refractivity contribution in [2.24, 2.45) is 0 Å². The highest BCUT2D eigenvalue weighted by Gasteiger charge is 2.38. The molecule has 0 bridgehead atoms. The van der Waals surface area contributed by atoms with Gasteiger partial charge in [0.05, 0.1) is 19.5 Å². The number of hydrogen-bond acceptors (Lipinski definition) is 5. The van der Waals surface area contributed by atoms with Crippen LogP contribution in [0.2, 0.25) is 0 Å². The summed E-state index contributed by atoms with van der Waals surface area (Å²) in [7, 11) is 0. The van der Waals surface area contributed by atoms with Gasteiger partial charge in [0, 0.05) is 37.4 Å². The normalized spacial score (nSPS) is 21.3. The highest BCUT2D eigenvalue weighted by molar-refractivity contribution is 5.75. The molecule has 1 aromatic rings. The Morgan fingerprint density at radius 2 is 2.00 bits per heavy atom. The molecule has 0 unspecified atom stereocenters. The molecule has 0 spiro atoms. The Morgan fingerprint density at radius 1 is 1.25 bits per heavy atom. The molecule has 2 heterocycles. The van der Waals surface area contributed by atoms with Crippen LogP contribution in [0.15, 0.2) is 23.4 Å². The van der Waals surface area contributed by atoms with Crippen LogP contribution < -0.4 is 10.9 Å². The quantitative estimate of drug-likeness (QED) is 0.843. The maximum Gasteiger partial charge on any atom is 0.253 e. The predicted octanol–water partition coefficient (Wildman–Crippen LogP) is 0.395. The van der Waals surface area contributed by atoms with Crippen molar-refractivity contribution >= 4 is 5.91 Å². The monoisotopic (exact) mass is 334 g/mol. The van der Waals surface area contributed by atoms with E-state index in [4.69, 9.17) is 4.74 Å². The minimum Gasteiger partial charge on any atom is -0.379 e. The Kier molecular flexibility index (Phi) is 5.63. The van der Waals surface area contributed by atoms with Crippen molar-refractivity contribution < 1.29 is 9.53 Å². The van der Waals surface area contributed by atoms with Crippen molar-refractivity contribution in [1.82, 2.24) is 19.8 Å². The molecule has 1 aromatic heterocycles. The Bertz CT molecular complexity index is 604. The molecule has 1 saturated heterocycles. The van der Waals surface area contributed by atoms with Crippen LogP contribution in [0, 0.1) is 0 Å². The summed E-state index contributed by atoms with van der Waals surface area (Å²) < 4.78 is 6.81. The molecular weight excluding hydrogens is 308 g/mol. The Labute approximate surface area is 142 Å². The topological polar surface area (TPSA) is 76.5 Å². The smallest absolute Gasteiger partial charge is 0.253 e. The zero-order valence-corrected chi connectivity index (χ0v) is 14.1. The highest BCUT2D eigenvalue weighted by Crippen LogP contribution is 2.33. The van der Waals surface area contributed by atoms with Crippen molar-refractivity contribution in [3.05, 3.63) is 28.9 Å². The molecule has 2 fully saturated rings. The fourth-order valence-electron chi connectivity index (χ4n) is 3.82. The molecule has 1 amide bonds. The predicted molar refractivity (Wildman–Crippen MR) is 89.7 cm³/mol. The standard InChI is InChI=1S/C17H26N4O3/c22-15(12-20-14-18-7-4-16(20)23)19-13-17(5-2-1-3-6-17)21-8-10-24-11-9-21/h4,7,14H,1-3,5-6,8-13H2,(H,19,22). The number of hydrogen-bond donors (Lipinski definition) is 1. The summed E-state index contributed by atoms with van der Waals surface area (Å²) in [5, 5.41) is 3.06. The average molecular weight is 334 g/mol. The van der Waals surface area contributed by atoms with Crippen molar-refractivity contribution in [3.8, 4) is 0 Å². The second-order valence-corrected chi connectivity index (χ2v) is 6.71. The molecule has 1 aliphatic carbocycles.